The fourth-order valence-electron chi connectivity index (χ4n) is 3.23. The van der Waals surface area contributed by atoms with Crippen molar-refractivity contribution in [3.05, 3.63) is 59.7 Å². The molecule has 9 heteroatoms. The first-order chi connectivity index (χ1) is 15.2. The summed E-state index contributed by atoms with van der Waals surface area (Å²) in [7, 11) is -1.95. The third-order valence-electron chi connectivity index (χ3n) is 5.03. The lowest BCUT2D eigenvalue weighted by atomic mass is 10.2. The summed E-state index contributed by atoms with van der Waals surface area (Å²) in [5.74, 6) is -0.314. The Labute approximate surface area is 190 Å². The zero-order valence-electron chi connectivity index (χ0n) is 19.1. The van der Waals surface area contributed by atoms with Crippen LogP contribution in [0.1, 0.15) is 31.4 Å². The summed E-state index contributed by atoms with van der Waals surface area (Å²) in [5, 5.41) is 5.43. The Hall–Kier alpha value is -2.91. The Morgan fingerprint density at radius 3 is 2.28 bits per heavy atom. The number of aryl methyl sites for hydroxylation is 1. The molecule has 2 rings (SSSR count). The number of sulfonamides is 1. The van der Waals surface area contributed by atoms with Gasteiger partial charge in [-0.05, 0) is 30.2 Å². The maximum Gasteiger partial charge on any atom is 0.317 e. The number of nitrogens with one attached hydrogen (secondary N) is 2. The van der Waals surface area contributed by atoms with Crippen molar-refractivity contribution in [2.24, 2.45) is 0 Å². The van der Waals surface area contributed by atoms with Crippen molar-refractivity contribution in [3.8, 4) is 0 Å². The molecule has 0 radical (unpaired) electrons. The minimum absolute atomic E-state index is 0.0664. The number of benzene rings is 2. The number of nitrogens with zero attached hydrogens (tertiary/aromatic N) is 2. The average molecular weight is 461 g/mol. The second kappa shape index (κ2) is 11.6. The highest BCUT2D eigenvalue weighted by Crippen LogP contribution is 2.23. The van der Waals surface area contributed by atoms with E-state index < -0.39 is 10.0 Å². The summed E-state index contributed by atoms with van der Waals surface area (Å²) >= 11 is 0. The molecule has 0 unspecified atom stereocenters. The van der Waals surface area contributed by atoms with Crippen LogP contribution in [-0.2, 0) is 21.4 Å². The van der Waals surface area contributed by atoms with E-state index >= 15 is 0 Å². The lowest BCUT2D eigenvalue weighted by Gasteiger charge is -2.20. The maximum absolute atomic E-state index is 12.9. The largest absolute Gasteiger partial charge is 0.337 e. The summed E-state index contributed by atoms with van der Waals surface area (Å²) in [6, 6.07) is 14.2. The maximum atomic E-state index is 12.9. The van der Waals surface area contributed by atoms with E-state index in [-0.39, 0.29) is 29.8 Å². The normalized spacial score (nSPS) is 11.3. The molecule has 174 valence electrons. The zero-order chi connectivity index (χ0) is 23.7. The van der Waals surface area contributed by atoms with Gasteiger partial charge in [0.05, 0.1) is 4.90 Å². The SMILES string of the molecule is CCN(CC)S(=O)(=O)c1cc(NC(=O)CCNC(=O)N(C)Cc2ccccc2)ccc1C. The second-order valence-corrected chi connectivity index (χ2v) is 9.35. The number of hydrogen-bond acceptors (Lipinski definition) is 4. The number of carbonyl (C=O) groups excluding carboxylic acids is 2. The van der Waals surface area contributed by atoms with Crippen LogP contribution in [0.15, 0.2) is 53.4 Å². The summed E-state index contributed by atoms with van der Waals surface area (Å²) in [4.78, 5) is 26.2. The van der Waals surface area contributed by atoms with E-state index in [1.807, 2.05) is 30.3 Å². The standard InChI is InChI=1S/C23H32N4O4S/c1-5-27(6-2)32(30,31)21-16-20(13-12-18(21)3)25-22(28)14-15-24-23(29)26(4)17-19-10-8-7-9-11-19/h7-13,16H,5-6,14-15,17H2,1-4H3,(H,24,29)(H,25,28). The van der Waals surface area contributed by atoms with Crippen LogP contribution in [-0.4, -0.2) is 56.2 Å². The number of carbonyl (C=O) groups is 2. The average Bonchev–Trinajstić information content (AvgIpc) is 2.76. The molecule has 0 fully saturated rings. The smallest absolute Gasteiger partial charge is 0.317 e. The summed E-state index contributed by atoms with van der Waals surface area (Å²) in [5.41, 5.74) is 2.03. The minimum atomic E-state index is -3.63. The summed E-state index contributed by atoms with van der Waals surface area (Å²) in [6.45, 7) is 6.66. The van der Waals surface area contributed by atoms with Gasteiger partial charge >= 0.3 is 6.03 Å². The Bertz CT molecular complexity index is 1020. The molecule has 0 atom stereocenters. The van der Waals surface area contributed by atoms with Gasteiger partial charge in [-0.1, -0.05) is 50.2 Å². The zero-order valence-corrected chi connectivity index (χ0v) is 19.9. The molecular weight excluding hydrogens is 428 g/mol. The third kappa shape index (κ3) is 6.80. The molecule has 8 nitrogen and oxygen atoms in total. The van der Waals surface area contributed by atoms with Gasteiger partial charge in [0.2, 0.25) is 15.9 Å². The van der Waals surface area contributed by atoms with E-state index in [0.717, 1.165) is 5.56 Å². The lowest BCUT2D eigenvalue weighted by Crippen LogP contribution is -2.38. The third-order valence-corrected chi connectivity index (χ3v) is 7.22. The number of hydrogen-bond donors (Lipinski definition) is 2. The summed E-state index contributed by atoms with van der Waals surface area (Å²) in [6.07, 6.45) is 0.0664. The summed E-state index contributed by atoms with van der Waals surface area (Å²) < 4.78 is 27.1. The number of anilines is 1. The molecule has 2 N–H and O–H groups in total. The van der Waals surface area contributed by atoms with E-state index in [9.17, 15) is 18.0 Å². The van der Waals surface area contributed by atoms with Crippen LogP contribution in [0.2, 0.25) is 0 Å². The molecule has 2 aromatic rings. The van der Waals surface area contributed by atoms with Gasteiger partial charge in [0.15, 0.2) is 0 Å². The van der Waals surface area contributed by atoms with E-state index in [0.29, 0.717) is 30.9 Å². The van der Waals surface area contributed by atoms with Crippen LogP contribution >= 0.6 is 0 Å². The fraction of sp³-hybridized carbons (Fsp3) is 0.391. The van der Waals surface area contributed by atoms with Crippen LogP contribution in [0, 0.1) is 6.92 Å². The monoisotopic (exact) mass is 460 g/mol. The van der Waals surface area contributed by atoms with Crippen molar-refractivity contribution >= 4 is 27.6 Å². The molecular formula is C23H32N4O4S. The van der Waals surface area contributed by atoms with Crippen molar-refractivity contribution in [1.29, 1.82) is 0 Å². The molecule has 0 aliphatic rings. The van der Waals surface area contributed by atoms with E-state index in [2.05, 4.69) is 10.6 Å². The molecule has 0 aliphatic carbocycles. The topological polar surface area (TPSA) is 98.8 Å². The van der Waals surface area contributed by atoms with Crippen molar-refractivity contribution in [2.75, 3.05) is 32.0 Å². The Morgan fingerprint density at radius 1 is 1.00 bits per heavy atom. The van der Waals surface area contributed by atoms with Gasteiger partial charge < -0.3 is 15.5 Å². The highest BCUT2D eigenvalue weighted by molar-refractivity contribution is 7.89. The van der Waals surface area contributed by atoms with E-state index in [1.54, 1.807) is 40.0 Å². The van der Waals surface area contributed by atoms with Gasteiger partial charge in [-0.2, -0.15) is 4.31 Å². The Balaban J connectivity index is 1.91. The number of rotatable bonds is 10. The molecule has 2 aromatic carbocycles. The van der Waals surface area contributed by atoms with E-state index in [1.165, 1.54) is 15.3 Å². The van der Waals surface area contributed by atoms with Crippen molar-refractivity contribution in [1.82, 2.24) is 14.5 Å². The number of amides is 3. The molecule has 0 aliphatic heterocycles. The highest BCUT2D eigenvalue weighted by atomic mass is 32.2. The first-order valence-corrected chi connectivity index (χ1v) is 12.1. The van der Waals surface area contributed by atoms with Gasteiger partial charge in [-0.25, -0.2) is 13.2 Å². The molecule has 0 saturated carbocycles. The first kappa shape index (κ1) is 25.4. The van der Waals surface area contributed by atoms with Crippen LogP contribution in [0.4, 0.5) is 10.5 Å². The first-order valence-electron chi connectivity index (χ1n) is 10.6. The molecule has 32 heavy (non-hydrogen) atoms. The van der Waals surface area contributed by atoms with Gasteiger partial charge in [0.1, 0.15) is 0 Å². The second-order valence-electron chi connectivity index (χ2n) is 7.44. The van der Waals surface area contributed by atoms with Crippen molar-refractivity contribution in [2.45, 2.75) is 38.6 Å². The molecule has 0 saturated heterocycles. The lowest BCUT2D eigenvalue weighted by molar-refractivity contribution is -0.116. The number of urea groups is 1. The molecule has 0 bridgehead atoms. The predicted octanol–water partition coefficient (Wildman–Crippen LogP) is 3.20. The van der Waals surface area contributed by atoms with Gasteiger partial charge in [0, 0.05) is 45.3 Å². The van der Waals surface area contributed by atoms with Gasteiger partial charge in [-0.3, -0.25) is 4.79 Å². The van der Waals surface area contributed by atoms with Gasteiger partial charge in [-0.15, -0.1) is 0 Å². The molecule has 0 heterocycles. The van der Waals surface area contributed by atoms with Crippen LogP contribution in [0.3, 0.4) is 0 Å². The molecule has 0 aromatic heterocycles. The van der Waals surface area contributed by atoms with Gasteiger partial charge in [0.25, 0.3) is 0 Å². The van der Waals surface area contributed by atoms with Crippen LogP contribution in [0.25, 0.3) is 0 Å². The van der Waals surface area contributed by atoms with E-state index in [4.69, 9.17) is 0 Å². The predicted molar refractivity (Wildman–Crippen MR) is 126 cm³/mol. The molecule has 3 amide bonds. The quantitative estimate of drug-likeness (QED) is 0.569. The van der Waals surface area contributed by atoms with Crippen LogP contribution < -0.4 is 10.6 Å². The van der Waals surface area contributed by atoms with Crippen LogP contribution in [0.5, 0.6) is 0 Å². The Morgan fingerprint density at radius 2 is 1.66 bits per heavy atom. The van der Waals surface area contributed by atoms with Crippen molar-refractivity contribution < 1.29 is 18.0 Å². The highest BCUT2D eigenvalue weighted by Gasteiger charge is 2.24. The van der Waals surface area contributed by atoms with Crippen molar-refractivity contribution in [3.63, 3.8) is 0 Å². The molecule has 0 spiro atoms. The fourth-order valence-corrected chi connectivity index (χ4v) is 4.94. The Kier molecular flexibility index (Phi) is 9.22. The minimum Gasteiger partial charge on any atom is -0.337 e.